The SMILES string of the molecule is COc1ccc(-c2cc(C(=O)NC3CCC3C(=O)Nc3cccc(S(=O)(=O)C(F)(F)F)c3)c(C(=O)O)cc2F)cc1. The number of carboxylic acids is 1. The van der Waals surface area contributed by atoms with Crippen LogP contribution in [-0.4, -0.2) is 50.0 Å². The van der Waals surface area contributed by atoms with Gasteiger partial charge in [0.1, 0.15) is 11.6 Å². The summed E-state index contributed by atoms with van der Waals surface area (Å²) in [6, 6.07) is 10.9. The van der Waals surface area contributed by atoms with Crippen LogP contribution < -0.4 is 15.4 Å². The summed E-state index contributed by atoms with van der Waals surface area (Å²) in [6.45, 7) is 0. The Morgan fingerprint density at radius 1 is 0.976 bits per heavy atom. The third-order valence-corrected chi connectivity index (χ3v) is 8.11. The molecule has 0 bridgehead atoms. The Hall–Kier alpha value is -4.46. The molecule has 0 heterocycles. The summed E-state index contributed by atoms with van der Waals surface area (Å²) in [4.78, 5) is 36.7. The Labute approximate surface area is 231 Å². The number of hydrogen-bond donors (Lipinski definition) is 3. The summed E-state index contributed by atoms with van der Waals surface area (Å²) in [5.41, 5.74) is -6.36. The van der Waals surface area contributed by atoms with Gasteiger partial charge < -0.3 is 20.5 Å². The van der Waals surface area contributed by atoms with Crippen molar-refractivity contribution in [3.63, 3.8) is 0 Å². The zero-order chi connectivity index (χ0) is 30.1. The van der Waals surface area contributed by atoms with Crippen LogP contribution in [-0.2, 0) is 14.6 Å². The first-order valence-electron chi connectivity index (χ1n) is 12.0. The molecule has 14 heteroatoms. The van der Waals surface area contributed by atoms with Gasteiger partial charge in [-0.25, -0.2) is 17.6 Å². The molecular formula is C27H22F4N2O7S. The average molecular weight is 595 g/mol. The van der Waals surface area contributed by atoms with Crippen LogP contribution in [0.25, 0.3) is 11.1 Å². The molecule has 9 nitrogen and oxygen atoms in total. The van der Waals surface area contributed by atoms with E-state index < -0.39 is 61.4 Å². The Bertz CT molecular complexity index is 1620. The van der Waals surface area contributed by atoms with Crippen molar-refractivity contribution in [3.8, 4) is 16.9 Å². The maximum Gasteiger partial charge on any atom is 0.501 e. The quantitative estimate of drug-likeness (QED) is 0.323. The second-order valence-electron chi connectivity index (χ2n) is 9.14. The maximum atomic E-state index is 14.8. The van der Waals surface area contributed by atoms with E-state index >= 15 is 0 Å². The molecule has 2 amide bonds. The molecule has 2 atom stereocenters. The Morgan fingerprint density at radius 3 is 2.22 bits per heavy atom. The van der Waals surface area contributed by atoms with E-state index in [2.05, 4.69) is 10.6 Å². The Kier molecular flexibility index (Phi) is 8.06. The highest BCUT2D eigenvalue weighted by molar-refractivity contribution is 7.92. The molecule has 1 aliphatic rings. The molecule has 3 aromatic rings. The van der Waals surface area contributed by atoms with E-state index in [0.29, 0.717) is 23.8 Å². The third kappa shape index (κ3) is 6.01. The lowest BCUT2D eigenvalue weighted by Gasteiger charge is -2.36. The van der Waals surface area contributed by atoms with Crippen LogP contribution in [0.3, 0.4) is 0 Å². The van der Waals surface area contributed by atoms with Gasteiger partial charge in [0.15, 0.2) is 0 Å². The number of anilines is 1. The lowest BCUT2D eigenvalue weighted by molar-refractivity contribution is -0.123. The van der Waals surface area contributed by atoms with E-state index in [1.807, 2.05) is 0 Å². The van der Waals surface area contributed by atoms with E-state index in [9.17, 15) is 45.5 Å². The second-order valence-corrected chi connectivity index (χ2v) is 11.1. The Morgan fingerprint density at radius 2 is 1.66 bits per heavy atom. The number of aromatic carboxylic acids is 1. The van der Waals surface area contributed by atoms with Crippen LogP contribution in [0.5, 0.6) is 5.75 Å². The van der Waals surface area contributed by atoms with Crippen molar-refractivity contribution in [2.24, 2.45) is 5.92 Å². The normalized spacial score (nSPS) is 16.8. The molecular weight excluding hydrogens is 572 g/mol. The number of hydrogen-bond acceptors (Lipinski definition) is 6. The summed E-state index contributed by atoms with van der Waals surface area (Å²) >= 11 is 0. The number of carboxylic acid groups (broad SMARTS) is 1. The van der Waals surface area contributed by atoms with Crippen molar-refractivity contribution in [2.45, 2.75) is 29.3 Å². The van der Waals surface area contributed by atoms with Gasteiger partial charge in [-0.1, -0.05) is 18.2 Å². The first-order chi connectivity index (χ1) is 19.2. The van der Waals surface area contributed by atoms with Gasteiger partial charge in [0.25, 0.3) is 15.7 Å². The molecule has 1 aliphatic carbocycles. The topological polar surface area (TPSA) is 139 Å². The summed E-state index contributed by atoms with van der Waals surface area (Å²) in [6.07, 6.45) is 0.602. The number of carbonyl (C=O) groups is 3. The zero-order valence-electron chi connectivity index (χ0n) is 21.2. The van der Waals surface area contributed by atoms with Crippen molar-refractivity contribution in [1.82, 2.24) is 5.32 Å². The van der Waals surface area contributed by atoms with Crippen LogP contribution in [0.15, 0.2) is 65.6 Å². The largest absolute Gasteiger partial charge is 0.501 e. The van der Waals surface area contributed by atoms with Crippen LogP contribution >= 0.6 is 0 Å². The van der Waals surface area contributed by atoms with Gasteiger partial charge in [-0.15, -0.1) is 0 Å². The second kappa shape index (κ2) is 11.2. The summed E-state index contributed by atoms with van der Waals surface area (Å²) < 4.78 is 81.9. The molecule has 0 aromatic heterocycles. The van der Waals surface area contributed by atoms with Crippen LogP contribution in [0.1, 0.15) is 33.6 Å². The van der Waals surface area contributed by atoms with E-state index in [0.717, 1.165) is 24.3 Å². The van der Waals surface area contributed by atoms with Gasteiger partial charge in [-0.3, -0.25) is 9.59 Å². The molecule has 0 aliphatic heterocycles. The predicted octanol–water partition coefficient (Wildman–Crippen LogP) is 4.64. The highest BCUT2D eigenvalue weighted by Crippen LogP contribution is 2.33. The fourth-order valence-electron chi connectivity index (χ4n) is 4.27. The van der Waals surface area contributed by atoms with Gasteiger partial charge in [0.05, 0.1) is 29.1 Å². The third-order valence-electron chi connectivity index (χ3n) is 6.63. The van der Waals surface area contributed by atoms with E-state index in [4.69, 9.17) is 4.74 Å². The Balaban J connectivity index is 1.52. The number of ether oxygens (including phenoxy) is 1. The molecule has 0 spiro atoms. The molecule has 3 aromatic carbocycles. The van der Waals surface area contributed by atoms with E-state index in [-0.39, 0.29) is 23.2 Å². The monoisotopic (exact) mass is 594 g/mol. The minimum atomic E-state index is -5.63. The van der Waals surface area contributed by atoms with Crippen molar-refractivity contribution in [3.05, 3.63) is 77.6 Å². The lowest BCUT2D eigenvalue weighted by Crippen LogP contribution is -2.51. The lowest BCUT2D eigenvalue weighted by atomic mass is 9.78. The summed E-state index contributed by atoms with van der Waals surface area (Å²) in [7, 11) is -4.19. The van der Waals surface area contributed by atoms with E-state index in [1.165, 1.54) is 25.3 Å². The minimum Gasteiger partial charge on any atom is -0.497 e. The summed E-state index contributed by atoms with van der Waals surface area (Å²) in [5, 5.41) is 14.5. The predicted molar refractivity (Wildman–Crippen MR) is 138 cm³/mol. The first kappa shape index (κ1) is 29.5. The first-order valence-corrected chi connectivity index (χ1v) is 13.5. The number of benzene rings is 3. The summed E-state index contributed by atoms with van der Waals surface area (Å²) in [5.74, 6) is -4.35. The molecule has 1 fully saturated rings. The van der Waals surface area contributed by atoms with Crippen molar-refractivity contribution < 1.29 is 50.2 Å². The minimum absolute atomic E-state index is 0.0422. The number of rotatable bonds is 8. The molecule has 2 unspecified atom stereocenters. The van der Waals surface area contributed by atoms with Gasteiger partial charge in [0, 0.05) is 17.3 Å². The number of sulfone groups is 1. The van der Waals surface area contributed by atoms with Gasteiger partial charge in [-0.05, 0) is 60.9 Å². The number of carbonyl (C=O) groups excluding carboxylic acids is 2. The maximum absolute atomic E-state index is 14.8. The van der Waals surface area contributed by atoms with Crippen LogP contribution in [0.2, 0.25) is 0 Å². The molecule has 4 rings (SSSR count). The van der Waals surface area contributed by atoms with Gasteiger partial charge >= 0.3 is 11.5 Å². The smallest absolute Gasteiger partial charge is 0.497 e. The molecule has 1 saturated carbocycles. The number of alkyl halides is 3. The molecule has 0 radical (unpaired) electrons. The highest BCUT2D eigenvalue weighted by atomic mass is 32.2. The molecule has 216 valence electrons. The molecule has 0 saturated heterocycles. The van der Waals surface area contributed by atoms with Crippen molar-refractivity contribution in [2.75, 3.05) is 12.4 Å². The molecule has 41 heavy (non-hydrogen) atoms. The standard InChI is InChI=1S/C27H22F4N2O7S/c1-40-16-7-5-14(6-8-16)19-12-20(21(26(36)37)13-22(19)28)25(35)33-23-10-9-18(23)24(34)32-15-3-2-4-17(11-15)41(38,39)27(29,30)31/h2-8,11-13,18,23H,9-10H2,1H3,(H,32,34)(H,33,35)(H,36,37). The molecule has 3 N–H and O–H groups in total. The average Bonchev–Trinajstić information content (AvgIpc) is 2.90. The van der Waals surface area contributed by atoms with Crippen molar-refractivity contribution in [1.29, 1.82) is 0 Å². The number of nitrogens with one attached hydrogen (secondary N) is 2. The van der Waals surface area contributed by atoms with Crippen LogP contribution in [0.4, 0.5) is 23.2 Å². The van der Waals surface area contributed by atoms with Crippen LogP contribution in [0, 0.1) is 11.7 Å². The van der Waals surface area contributed by atoms with Gasteiger partial charge in [-0.2, -0.15) is 13.2 Å². The number of amides is 2. The van der Waals surface area contributed by atoms with Gasteiger partial charge in [0.2, 0.25) is 5.91 Å². The number of halogens is 4. The fourth-order valence-corrected chi connectivity index (χ4v) is 5.08. The fraction of sp³-hybridized carbons (Fsp3) is 0.222. The number of methoxy groups -OCH3 is 1. The van der Waals surface area contributed by atoms with Crippen molar-refractivity contribution >= 4 is 33.3 Å². The van der Waals surface area contributed by atoms with E-state index in [1.54, 1.807) is 12.1 Å². The highest BCUT2D eigenvalue weighted by Gasteiger charge is 2.47. The zero-order valence-corrected chi connectivity index (χ0v) is 22.0.